The molecule has 1 spiro atoms. The molecule has 1 saturated heterocycles. The van der Waals surface area contributed by atoms with Crippen LogP contribution >= 0.6 is 0 Å². The van der Waals surface area contributed by atoms with E-state index in [0.717, 1.165) is 12.8 Å². The van der Waals surface area contributed by atoms with Crippen molar-refractivity contribution in [3.63, 3.8) is 0 Å². The molecule has 2 fully saturated rings. The lowest BCUT2D eigenvalue weighted by molar-refractivity contribution is -0.144. The molecule has 0 aromatic carbocycles. The SMILES string of the molecule is CCOC(=O)CC1CCC2(CC1)NC(=O)NC2=O. The molecule has 2 rings (SSSR count). The van der Waals surface area contributed by atoms with E-state index in [1.807, 2.05) is 0 Å². The van der Waals surface area contributed by atoms with E-state index in [1.54, 1.807) is 6.92 Å². The lowest BCUT2D eigenvalue weighted by atomic mass is 9.75. The van der Waals surface area contributed by atoms with Gasteiger partial charge >= 0.3 is 12.0 Å². The van der Waals surface area contributed by atoms with Crippen molar-refractivity contribution in [1.29, 1.82) is 0 Å². The Balaban J connectivity index is 1.86. The third-order valence-corrected chi connectivity index (χ3v) is 3.73. The van der Waals surface area contributed by atoms with E-state index in [2.05, 4.69) is 10.6 Å². The monoisotopic (exact) mass is 254 g/mol. The maximum Gasteiger partial charge on any atom is 0.322 e. The summed E-state index contributed by atoms with van der Waals surface area (Å²) in [5.41, 5.74) is -0.734. The number of amides is 3. The van der Waals surface area contributed by atoms with Crippen LogP contribution in [0.25, 0.3) is 0 Å². The predicted octanol–water partition coefficient (Wildman–Crippen LogP) is 0.708. The highest BCUT2D eigenvalue weighted by atomic mass is 16.5. The van der Waals surface area contributed by atoms with E-state index in [0.29, 0.717) is 25.9 Å². The van der Waals surface area contributed by atoms with Gasteiger partial charge in [-0.1, -0.05) is 0 Å². The molecule has 2 aliphatic rings. The first-order chi connectivity index (χ1) is 8.55. The van der Waals surface area contributed by atoms with Gasteiger partial charge in [0.15, 0.2) is 0 Å². The lowest BCUT2D eigenvalue weighted by Gasteiger charge is -2.34. The first kappa shape index (κ1) is 12.9. The molecule has 0 radical (unpaired) electrons. The molecule has 0 bridgehead atoms. The number of hydrogen-bond donors (Lipinski definition) is 2. The average Bonchev–Trinajstić information content (AvgIpc) is 2.58. The molecular formula is C12H18N2O4. The zero-order chi connectivity index (χ0) is 13.2. The molecule has 6 nitrogen and oxygen atoms in total. The van der Waals surface area contributed by atoms with Gasteiger partial charge in [0.25, 0.3) is 5.91 Å². The van der Waals surface area contributed by atoms with Crippen molar-refractivity contribution >= 4 is 17.9 Å². The Bertz CT molecular complexity index is 372. The van der Waals surface area contributed by atoms with Gasteiger partial charge in [-0.05, 0) is 38.5 Å². The molecule has 1 aliphatic heterocycles. The van der Waals surface area contributed by atoms with E-state index in [4.69, 9.17) is 4.74 Å². The van der Waals surface area contributed by atoms with E-state index in [9.17, 15) is 14.4 Å². The van der Waals surface area contributed by atoms with Crippen LogP contribution in [0.3, 0.4) is 0 Å². The van der Waals surface area contributed by atoms with Gasteiger partial charge in [-0.15, -0.1) is 0 Å². The van der Waals surface area contributed by atoms with Gasteiger partial charge in [-0.2, -0.15) is 0 Å². The number of urea groups is 1. The molecule has 1 heterocycles. The number of esters is 1. The Morgan fingerprint density at radius 2 is 2.06 bits per heavy atom. The molecule has 0 unspecified atom stereocenters. The first-order valence-corrected chi connectivity index (χ1v) is 6.35. The molecule has 0 atom stereocenters. The van der Waals surface area contributed by atoms with Crippen molar-refractivity contribution in [3.05, 3.63) is 0 Å². The van der Waals surface area contributed by atoms with Crippen molar-refractivity contribution in [2.75, 3.05) is 6.61 Å². The molecule has 6 heteroatoms. The summed E-state index contributed by atoms with van der Waals surface area (Å²) in [6, 6.07) is -0.413. The molecule has 3 amide bonds. The summed E-state index contributed by atoms with van der Waals surface area (Å²) >= 11 is 0. The predicted molar refractivity (Wildman–Crippen MR) is 62.6 cm³/mol. The van der Waals surface area contributed by atoms with Crippen LogP contribution in [-0.4, -0.2) is 30.1 Å². The number of rotatable bonds is 3. The van der Waals surface area contributed by atoms with Gasteiger partial charge in [-0.3, -0.25) is 14.9 Å². The molecule has 1 saturated carbocycles. The number of hydrogen-bond acceptors (Lipinski definition) is 4. The highest BCUT2D eigenvalue weighted by Gasteiger charge is 2.48. The fourth-order valence-corrected chi connectivity index (χ4v) is 2.71. The second kappa shape index (κ2) is 4.96. The fraction of sp³-hybridized carbons (Fsp3) is 0.750. The Kier molecular flexibility index (Phi) is 3.54. The molecule has 0 aromatic rings. The molecule has 18 heavy (non-hydrogen) atoms. The third kappa shape index (κ3) is 2.47. The van der Waals surface area contributed by atoms with E-state index in [1.165, 1.54) is 0 Å². The normalized spacial score (nSPS) is 31.1. The summed E-state index contributed by atoms with van der Waals surface area (Å²) in [6.07, 6.45) is 3.10. The van der Waals surface area contributed by atoms with Gasteiger partial charge in [0, 0.05) is 6.42 Å². The van der Waals surface area contributed by atoms with Crippen LogP contribution in [0.4, 0.5) is 4.79 Å². The summed E-state index contributed by atoms with van der Waals surface area (Å²) < 4.78 is 4.91. The zero-order valence-electron chi connectivity index (χ0n) is 10.5. The van der Waals surface area contributed by atoms with Crippen LogP contribution in [0.5, 0.6) is 0 Å². The lowest BCUT2D eigenvalue weighted by Crippen LogP contribution is -2.49. The minimum absolute atomic E-state index is 0.182. The van der Waals surface area contributed by atoms with Gasteiger partial charge in [0.2, 0.25) is 0 Å². The number of carbonyl (C=O) groups excluding carboxylic acids is 3. The van der Waals surface area contributed by atoms with Gasteiger partial charge in [0.05, 0.1) is 6.61 Å². The van der Waals surface area contributed by atoms with Crippen LogP contribution in [0.1, 0.15) is 39.0 Å². The average molecular weight is 254 g/mol. The quantitative estimate of drug-likeness (QED) is 0.573. The Labute approximate surface area is 105 Å². The van der Waals surface area contributed by atoms with Crippen LogP contribution in [0.2, 0.25) is 0 Å². The van der Waals surface area contributed by atoms with Crippen LogP contribution in [0.15, 0.2) is 0 Å². The number of carbonyl (C=O) groups is 3. The third-order valence-electron chi connectivity index (χ3n) is 3.73. The minimum Gasteiger partial charge on any atom is -0.466 e. The Hall–Kier alpha value is -1.59. The van der Waals surface area contributed by atoms with Gasteiger partial charge in [0.1, 0.15) is 5.54 Å². The maximum atomic E-state index is 11.7. The maximum absolute atomic E-state index is 11.7. The molecule has 1 aliphatic carbocycles. The van der Waals surface area contributed by atoms with E-state index < -0.39 is 11.6 Å². The van der Waals surface area contributed by atoms with Crippen molar-refractivity contribution in [2.24, 2.45) is 5.92 Å². The second-order valence-electron chi connectivity index (χ2n) is 4.94. The molecule has 0 aromatic heterocycles. The summed E-state index contributed by atoms with van der Waals surface area (Å²) in [6.45, 7) is 2.18. The Morgan fingerprint density at radius 3 is 2.56 bits per heavy atom. The van der Waals surface area contributed by atoms with Gasteiger partial charge < -0.3 is 10.1 Å². The van der Waals surface area contributed by atoms with E-state index in [-0.39, 0.29) is 17.8 Å². The smallest absolute Gasteiger partial charge is 0.322 e. The summed E-state index contributed by atoms with van der Waals surface area (Å²) in [4.78, 5) is 34.2. The highest BCUT2D eigenvalue weighted by Crippen LogP contribution is 2.35. The topological polar surface area (TPSA) is 84.5 Å². The van der Waals surface area contributed by atoms with Crippen molar-refractivity contribution < 1.29 is 19.1 Å². The fourth-order valence-electron chi connectivity index (χ4n) is 2.71. The zero-order valence-corrected chi connectivity index (χ0v) is 10.5. The number of ether oxygens (including phenoxy) is 1. The molecular weight excluding hydrogens is 236 g/mol. The van der Waals surface area contributed by atoms with Crippen LogP contribution in [0, 0.1) is 5.92 Å². The first-order valence-electron chi connectivity index (χ1n) is 6.35. The standard InChI is InChI=1S/C12H18N2O4/c1-2-18-9(15)7-8-3-5-12(6-4-8)10(16)13-11(17)14-12/h8H,2-7H2,1H3,(H2,13,14,16,17). The highest BCUT2D eigenvalue weighted by molar-refractivity contribution is 6.07. The number of imide groups is 1. The van der Waals surface area contributed by atoms with Crippen LogP contribution < -0.4 is 10.6 Å². The van der Waals surface area contributed by atoms with Crippen molar-refractivity contribution in [3.8, 4) is 0 Å². The van der Waals surface area contributed by atoms with Crippen molar-refractivity contribution in [2.45, 2.75) is 44.6 Å². The van der Waals surface area contributed by atoms with Crippen molar-refractivity contribution in [1.82, 2.24) is 10.6 Å². The van der Waals surface area contributed by atoms with Crippen LogP contribution in [-0.2, 0) is 14.3 Å². The Morgan fingerprint density at radius 1 is 1.39 bits per heavy atom. The summed E-state index contributed by atoms with van der Waals surface area (Å²) in [7, 11) is 0. The van der Waals surface area contributed by atoms with E-state index >= 15 is 0 Å². The number of nitrogens with one attached hydrogen (secondary N) is 2. The largest absolute Gasteiger partial charge is 0.466 e. The summed E-state index contributed by atoms with van der Waals surface area (Å²) in [5, 5.41) is 4.97. The molecule has 2 N–H and O–H groups in total. The van der Waals surface area contributed by atoms with Gasteiger partial charge in [-0.25, -0.2) is 4.79 Å². The molecule has 100 valence electrons. The second-order valence-corrected chi connectivity index (χ2v) is 4.94. The minimum atomic E-state index is -0.734. The summed E-state index contributed by atoms with van der Waals surface area (Å²) in [5.74, 6) is -0.166.